The minimum Gasteiger partial charge on any atom is -0.507 e. The number of carbonyl (C=O) groups is 1. The first-order valence-corrected chi connectivity index (χ1v) is 11.3. The van der Waals surface area contributed by atoms with Gasteiger partial charge in [0.2, 0.25) is 0 Å². The molecule has 0 spiro atoms. The number of hydrogen-bond donors (Lipinski definition) is 1. The standard InChI is InChI=1S/C22H36O3S2/c1-10-25-18(23)11-12-26-22(8,9)27-15-13-16(20(2,3)4)19(24)17(14-15)21(5,6)7/h13-14,24H,10-12H2,1-9H3. The number of ether oxygens (including phenoxy) is 1. The molecular formula is C22H36O3S2. The molecule has 0 aromatic heterocycles. The van der Waals surface area contributed by atoms with Crippen molar-refractivity contribution in [3.8, 4) is 5.75 Å². The molecule has 0 bridgehead atoms. The van der Waals surface area contributed by atoms with Crippen molar-refractivity contribution < 1.29 is 14.6 Å². The molecule has 27 heavy (non-hydrogen) atoms. The molecule has 1 aromatic rings. The predicted molar refractivity (Wildman–Crippen MR) is 119 cm³/mol. The maximum atomic E-state index is 11.6. The summed E-state index contributed by atoms with van der Waals surface area (Å²) in [7, 11) is 0. The van der Waals surface area contributed by atoms with Crippen molar-refractivity contribution in [2.75, 3.05) is 12.4 Å². The van der Waals surface area contributed by atoms with Crippen LogP contribution in [-0.2, 0) is 20.4 Å². The van der Waals surface area contributed by atoms with Crippen LogP contribution in [0.4, 0.5) is 0 Å². The van der Waals surface area contributed by atoms with Crippen LogP contribution in [0.5, 0.6) is 5.75 Å². The van der Waals surface area contributed by atoms with Crippen molar-refractivity contribution in [2.45, 2.75) is 88.5 Å². The van der Waals surface area contributed by atoms with E-state index < -0.39 is 0 Å². The van der Waals surface area contributed by atoms with E-state index in [1.54, 1.807) is 23.5 Å². The smallest absolute Gasteiger partial charge is 0.306 e. The van der Waals surface area contributed by atoms with Crippen LogP contribution in [0.15, 0.2) is 17.0 Å². The van der Waals surface area contributed by atoms with E-state index in [1.165, 1.54) is 0 Å². The van der Waals surface area contributed by atoms with Crippen LogP contribution in [-0.4, -0.2) is 27.5 Å². The predicted octanol–water partition coefficient (Wildman–Crippen LogP) is 6.50. The van der Waals surface area contributed by atoms with Gasteiger partial charge >= 0.3 is 5.97 Å². The van der Waals surface area contributed by atoms with Gasteiger partial charge in [0.05, 0.1) is 17.1 Å². The Bertz CT molecular complexity index is 617. The summed E-state index contributed by atoms with van der Waals surface area (Å²) < 4.78 is 4.92. The number of thioether (sulfide) groups is 2. The summed E-state index contributed by atoms with van der Waals surface area (Å²) in [5, 5.41) is 10.9. The quantitative estimate of drug-likeness (QED) is 0.314. The lowest BCUT2D eigenvalue weighted by molar-refractivity contribution is -0.142. The molecule has 0 saturated carbocycles. The molecule has 1 rings (SSSR count). The van der Waals surface area contributed by atoms with Gasteiger partial charge in [-0.3, -0.25) is 4.79 Å². The van der Waals surface area contributed by atoms with Gasteiger partial charge in [0, 0.05) is 21.8 Å². The van der Waals surface area contributed by atoms with Gasteiger partial charge in [-0.05, 0) is 43.7 Å². The number of hydrogen-bond acceptors (Lipinski definition) is 5. The lowest BCUT2D eigenvalue weighted by Gasteiger charge is -2.30. The SMILES string of the molecule is CCOC(=O)CCSC(C)(C)Sc1cc(C(C)(C)C)c(O)c(C(C)(C)C)c1. The summed E-state index contributed by atoms with van der Waals surface area (Å²) in [4.78, 5) is 12.7. The third kappa shape index (κ3) is 7.61. The molecule has 0 aliphatic rings. The van der Waals surface area contributed by atoms with Crippen LogP contribution in [0.2, 0.25) is 0 Å². The number of rotatable bonds is 7. The Morgan fingerprint density at radius 1 is 1.00 bits per heavy atom. The number of benzene rings is 1. The topological polar surface area (TPSA) is 46.5 Å². The summed E-state index contributed by atoms with van der Waals surface area (Å²) >= 11 is 3.54. The zero-order valence-electron chi connectivity index (χ0n) is 18.4. The Balaban J connectivity index is 3.06. The average molecular weight is 413 g/mol. The zero-order valence-corrected chi connectivity index (χ0v) is 20.0. The van der Waals surface area contributed by atoms with Crippen molar-refractivity contribution >= 4 is 29.5 Å². The van der Waals surface area contributed by atoms with Gasteiger partial charge in [-0.2, -0.15) is 0 Å². The fourth-order valence-electron chi connectivity index (χ4n) is 2.74. The largest absolute Gasteiger partial charge is 0.507 e. The fourth-order valence-corrected chi connectivity index (χ4v) is 5.19. The molecule has 3 nitrogen and oxygen atoms in total. The van der Waals surface area contributed by atoms with E-state index in [1.807, 2.05) is 6.92 Å². The lowest BCUT2D eigenvalue weighted by Crippen LogP contribution is -2.18. The molecule has 0 amide bonds. The molecule has 0 heterocycles. The first-order valence-electron chi connectivity index (χ1n) is 9.54. The van der Waals surface area contributed by atoms with Crippen LogP contribution >= 0.6 is 23.5 Å². The molecule has 0 radical (unpaired) electrons. The number of esters is 1. The van der Waals surface area contributed by atoms with E-state index in [4.69, 9.17) is 4.74 Å². The van der Waals surface area contributed by atoms with Crippen LogP contribution < -0.4 is 0 Å². The van der Waals surface area contributed by atoms with Crippen LogP contribution in [0.25, 0.3) is 0 Å². The lowest BCUT2D eigenvalue weighted by atomic mass is 9.79. The highest BCUT2D eigenvalue weighted by molar-refractivity contribution is 8.18. The highest BCUT2D eigenvalue weighted by Crippen LogP contribution is 2.46. The summed E-state index contributed by atoms with van der Waals surface area (Å²) in [5.74, 6) is 1.00. The molecule has 154 valence electrons. The Hall–Kier alpha value is -0.810. The normalized spacial score (nSPS) is 12.9. The molecule has 1 N–H and O–H groups in total. The maximum Gasteiger partial charge on any atom is 0.306 e. The molecule has 0 aliphatic carbocycles. The Morgan fingerprint density at radius 2 is 1.48 bits per heavy atom. The van der Waals surface area contributed by atoms with Gasteiger partial charge in [-0.1, -0.05) is 41.5 Å². The molecule has 0 saturated heterocycles. The molecular weight excluding hydrogens is 376 g/mol. The fraction of sp³-hybridized carbons (Fsp3) is 0.682. The summed E-state index contributed by atoms with van der Waals surface area (Å²) in [6.45, 7) is 19.4. The molecule has 0 aliphatic heterocycles. The Kier molecular flexibility index (Phi) is 8.19. The van der Waals surface area contributed by atoms with Crippen LogP contribution in [0.3, 0.4) is 0 Å². The van der Waals surface area contributed by atoms with Gasteiger partial charge in [-0.25, -0.2) is 0 Å². The molecule has 0 fully saturated rings. The van der Waals surface area contributed by atoms with E-state index in [9.17, 15) is 9.90 Å². The minimum atomic E-state index is -0.138. The third-order valence-electron chi connectivity index (χ3n) is 4.12. The second-order valence-corrected chi connectivity index (χ2v) is 12.9. The van der Waals surface area contributed by atoms with Gasteiger partial charge < -0.3 is 9.84 Å². The van der Waals surface area contributed by atoms with Crippen LogP contribution in [0, 0.1) is 0 Å². The van der Waals surface area contributed by atoms with E-state index in [0.717, 1.165) is 21.8 Å². The monoisotopic (exact) mass is 412 g/mol. The molecule has 1 aromatic carbocycles. The van der Waals surface area contributed by atoms with E-state index in [2.05, 4.69) is 67.5 Å². The van der Waals surface area contributed by atoms with Crippen molar-refractivity contribution in [1.82, 2.24) is 0 Å². The summed E-state index contributed by atoms with van der Waals surface area (Å²) in [6, 6.07) is 4.23. The average Bonchev–Trinajstić information content (AvgIpc) is 2.46. The van der Waals surface area contributed by atoms with E-state index >= 15 is 0 Å². The van der Waals surface area contributed by atoms with E-state index in [-0.39, 0.29) is 20.9 Å². The first kappa shape index (κ1) is 24.2. The van der Waals surface area contributed by atoms with Gasteiger partial charge in [0.1, 0.15) is 5.75 Å². The van der Waals surface area contributed by atoms with Crippen molar-refractivity contribution in [3.05, 3.63) is 23.3 Å². The van der Waals surface area contributed by atoms with Gasteiger partial charge in [0.15, 0.2) is 0 Å². The van der Waals surface area contributed by atoms with E-state index in [0.29, 0.717) is 18.8 Å². The minimum absolute atomic E-state index is 0.0895. The molecule has 5 heteroatoms. The number of carbonyl (C=O) groups excluding carboxylic acids is 1. The van der Waals surface area contributed by atoms with Crippen molar-refractivity contribution in [2.24, 2.45) is 0 Å². The number of aromatic hydroxyl groups is 1. The summed E-state index contributed by atoms with van der Waals surface area (Å²) in [5.41, 5.74) is 1.68. The third-order valence-corrected chi connectivity index (χ3v) is 6.79. The Labute approximate surface area is 174 Å². The highest BCUT2D eigenvalue weighted by atomic mass is 32.2. The first-order chi connectivity index (χ1) is 12.2. The molecule has 0 unspecified atom stereocenters. The zero-order chi connectivity index (χ0) is 21.0. The maximum absolute atomic E-state index is 11.6. The number of phenolic OH excluding ortho intramolecular Hbond substituents is 1. The van der Waals surface area contributed by atoms with Crippen molar-refractivity contribution in [3.63, 3.8) is 0 Å². The second-order valence-electron chi connectivity index (χ2n) is 9.27. The summed E-state index contributed by atoms with van der Waals surface area (Å²) in [6.07, 6.45) is 0.429. The number of phenols is 1. The van der Waals surface area contributed by atoms with Crippen LogP contribution in [0.1, 0.15) is 79.9 Å². The highest BCUT2D eigenvalue weighted by Gasteiger charge is 2.28. The van der Waals surface area contributed by atoms with Gasteiger partial charge in [-0.15, -0.1) is 23.5 Å². The molecule has 0 atom stereocenters. The Morgan fingerprint density at radius 3 is 1.89 bits per heavy atom. The van der Waals surface area contributed by atoms with Gasteiger partial charge in [0.25, 0.3) is 0 Å². The second kappa shape index (κ2) is 9.13. The van der Waals surface area contributed by atoms with Crippen molar-refractivity contribution in [1.29, 1.82) is 0 Å².